The third-order valence-electron chi connectivity index (χ3n) is 7.49. The quantitative estimate of drug-likeness (QED) is 0.192. The number of rotatable bonds is 7. The Kier molecular flexibility index (Phi) is 7.40. The molecule has 1 amide bonds. The molecular formula is C37H26FN5O3. The van der Waals surface area contributed by atoms with Gasteiger partial charge in [0.05, 0.1) is 0 Å². The number of aryl methyl sites for hydroxylation is 1. The van der Waals surface area contributed by atoms with Gasteiger partial charge in [-0.05, 0) is 72.6 Å². The predicted molar refractivity (Wildman–Crippen MR) is 176 cm³/mol. The standard InChI is InChI=1S/C37H26FN5O3/c1-23-7-9-25(10-8-23)34-41-33-32(19-20-39-35(33)42-34)46-30-17-13-28(14-18-30)40-36(44)31-21-26(24-5-3-2-4-6-24)22-43(37(31)45)29-15-11-27(38)12-16-29/h2-22H,1H3,(H,40,44)(H,39,41,42). The number of amides is 1. The Labute approximate surface area is 262 Å². The number of anilines is 1. The topological polar surface area (TPSA) is 102 Å². The molecule has 0 spiro atoms. The van der Waals surface area contributed by atoms with Crippen molar-refractivity contribution in [1.29, 1.82) is 0 Å². The summed E-state index contributed by atoms with van der Waals surface area (Å²) in [5.41, 5.74) is 5.08. The first-order chi connectivity index (χ1) is 22.4. The van der Waals surface area contributed by atoms with E-state index < -0.39 is 17.3 Å². The molecule has 0 aliphatic heterocycles. The van der Waals surface area contributed by atoms with E-state index >= 15 is 0 Å². The number of imidazole rings is 1. The molecule has 0 aliphatic rings. The number of hydrogen-bond acceptors (Lipinski definition) is 5. The monoisotopic (exact) mass is 607 g/mol. The van der Waals surface area contributed by atoms with Gasteiger partial charge in [-0.3, -0.25) is 14.2 Å². The summed E-state index contributed by atoms with van der Waals surface area (Å²) in [5, 5.41) is 2.82. The first kappa shape index (κ1) is 28.4. The van der Waals surface area contributed by atoms with E-state index in [9.17, 15) is 14.0 Å². The first-order valence-electron chi connectivity index (χ1n) is 14.5. The molecule has 0 aliphatic carbocycles. The average molecular weight is 608 g/mol. The lowest BCUT2D eigenvalue weighted by Crippen LogP contribution is -2.28. The molecule has 7 rings (SSSR count). The van der Waals surface area contributed by atoms with Crippen molar-refractivity contribution in [3.05, 3.63) is 155 Å². The molecule has 0 saturated carbocycles. The Morgan fingerprint density at radius 1 is 0.848 bits per heavy atom. The third kappa shape index (κ3) is 5.77. The number of hydrogen-bond donors (Lipinski definition) is 2. The highest BCUT2D eigenvalue weighted by Gasteiger charge is 2.17. The molecule has 0 unspecified atom stereocenters. The van der Waals surface area contributed by atoms with Crippen LogP contribution in [0.5, 0.6) is 11.5 Å². The number of pyridine rings is 2. The van der Waals surface area contributed by atoms with Crippen LogP contribution in [0, 0.1) is 12.7 Å². The number of ether oxygens (including phenoxy) is 1. The van der Waals surface area contributed by atoms with Crippen molar-refractivity contribution in [3.63, 3.8) is 0 Å². The van der Waals surface area contributed by atoms with Crippen LogP contribution in [-0.2, 0) is 0 Å². The van der Waals surface area contributed by atoms with Gasteiger partial charge in [0.1, 0.15) is 28.5 Å². The van der Waals surface area contributed by atoms with E-state index in [1.54, 1.807) is 48.8 Å². The van der Waals surface area contributed by atoms with Crippen LogP contribution in [0.2, 0.25) is 0 Å². The van der Waals surface area contributed by atoms with Gasteiger partial charge in [0.25, 0.3) is 11.5 Å². The van der Waals surface area contributed by atoms with Crippen molar-refractivity contribution in [3.8, 4) is 39.7 Å². The lowest BCUT2D eigenvalue weighted by atomic mass is 10.0. The second-order valence-electron chi connectivity index (χ2n) is 10.7. The van der Waals surface area contributed by atoms with Gasteiger partial charge in [-0.15, -0.1) is 0 Å². The SMILES string of the molecule is Cc1ccc(-c2nc3nccc(Oc4ccc(NC(=O)c5cc(-c6ccccc6)cn(-c6ccc(F)cc6)c5=O)cc4)c3[nH]2)cc1. The van der Waals surface area contributed by atoms with Crippen LogP contribution < -0.4 is 15.6 Å². The minimum atomic E-state index is -0.579. The van der Waals surface area contributed by atoms with Crippen molar-refractivity contribution < 1.29 is 13.9 Å². The van der Waals surface area contributed by atoms with Crippen LogP contribution >= 0.6 is 0 Å². The van der Waals surface area contributed by atoms with Gasteiger partial charge in [0, 0.05) is 35.4 Å². The Balaban J connectivity index is 1.14. The number of carbonyl (C=O) groups excluding carboxylic acids is 1. The normalized spacial score (nSPS) is 11.0. The molecule has 46 heavy (non-hydrogen) atoms. The smallest absolute Gasteiger partial charge is 0.267 e. The highest BCUT2D eigenvalue weighted by molar-refractivity contribution is 6.04. The van der Waals surface area contributed by atoms with Crippen LogP contribution in [0.25, 0.3) is 39.4 Å². The van der Waals surface area contributed by atoms with E-state index in [0.29, 0.717) is 45.4 Å². The minimum Gasteiger partial charge on any atom is -0.455 e. The number of benzene rings is 4. The number of nitrogens with zero attached hydrogens (tertiary/aromatic N) is 3. The van der Waals surface area contributed by atoms with Crippen molar-refractivity contribution in [2.45, 2.75) is 6.92 Å². The second-order valence-corrected chi connectivity index (χ2v) is 10.7. The lowest BCUT2D eigenvalue weighted by Gasteiger charge is -2.13. The van der Waals surface area contributed by atoms with Gasteiger partial charge < -0.3 is 15.0 Å². The van der Waals surface area contributed by atoms with E-state index in [2.05, 4.69) is 20.3 Å². The Morgan fingerprint density at radius 3 is 2.33 bits per heavy atom. The van der Waals surface area contributed by atoms with Gasteiger partial charge in [0.2, 0.25) is 0 Å². The second kappa shape index (κ2) is 12.0. The van der Waals surface area contributed by atoms with Crippen LogP contribution in [0.3, 0.4) is 0 Å². The molecule has 3 heterocycles. The van der Waals surface area contributed by atoms with Crippen LogP contribution in [-0.4, -0.2) is 25.4 Å². The van der Waals surface area contributed by atoms with Crippen molar-refractivity contribution in [2.75, 3.05) is 5.32 Å². The molecule has 0 bridgehead atoms. The first-order valence-corrected chi connectivity index (χ1v) is 14.5. The summed E-state index contributed by atoms with van der Waals surface area (Å²) in [6, 6.07) is 33.1. The molecule has 0 fully saturated rings. The Bertz CT molecular complexity index is 2240. The zero-order valence-electron chi connectivity index (χ0n) is 24.6. The van der Waals surface area contributed by atoms with E-state index in [1.807, 2.05) is 61.5 Å². The fraction of sp³-hybridized carbons (Fsp3) is 0.0270. The maximum atomic E-state index is 13.6. The molecule has 4 aromatic carbocycles. The molecule has 9 heteroatoms. The number of H-pyrrole nitrogens is 1. The number of carbonyl (C=O) groups is 1. The number of aromatic amines is 1. The summed E-state index contributed by atoms with van der Waals surface area (Å²) in [7, 11) is 0. The van der Waals surface area contributed by atoms with E-state index in [-0.39, 0.29) is 5.56 Å². The van der Waals surface area contributed by atoms with Crippen LogP contribution in [0.4, 0.5) is 10.1 Å². The number of fused-ring (bicyclic) bond motifs is 1. The third-order valence-corrected chi connectivity index (χ3v) is 7.49. The summed E-state index contributed by atoms with van der Waals surface area (Å²) in [4.78, 5) is 39.3. The Morgan fingerprint density at radius 2 is 1.59 bits per heavy atom. The van der Waals surface area contributed by atoms with E-state index in [1.165, 1.54) is 28.8 Å². The largest absolute Gasteiger partial charge is 0.455 e. The van der Waals surface area contributed by atoms with Crippen molar-refractivity contribution >= 4 is 22.8 Å². The van der Waals surface area contributed by atoms with Crippen molar-refractivity contribution in [2.24, 2.45) is 0 Å². The molecule has 224 valence electrons. The van der Waals surface area contributed by atoms with Gasteiger partial charge in [-0.25, -0.2) is 14.4 Å². The van der Waals surface area contributed by atoms with Crippen LogP contribution in [0.15, 0.2) is 132 Å². The molecule has 0 saturated heterocycles. The summed E-state index contributed by atoms with van der Waals surface area (Å²) >= 11 is 0. The fourth-order valence-corrected chi connectivity index (χ4v) is 5.08. The van der Waals surface area contributed by atoms with Gasteiger partial charge >= 0.3 is 0 Å². The molecule has 8 nitrogen and oxygen atoms in total. The summed E-state index contributed by atoms with van der Waals surface area (Å²) < 4.78 is 21.1. The minimum absolute atomic E-state index is 0.0613. The lowest BCUT2D eigenvalue weighted by molar-refractivity contribution is 0.102. The molecule has 0 atom stereocenters. The summed E-state index contributed by atoms with van der Waals surface area (Å²) in [5.74, 6) is 0.760. The maximum Gasteiger partial charge on any atom is 0.267 e. The average Bonchev–Trinajstić information content (AvgIpc) is 3.52. The van der Waals surface area contributed by atoms with Gasteiger partial charge in [0.15, 0.2) is 11.4 Å². The van der Waals surface area contributed by atoms with Gasteiger partial charge in [-0.2, -0.15) is 0 Å². The predicted octanol–water partition coefficient (Wildman–Crippen LogP) is 7.93. The highest BCUT2D eigenvalue weighted by Crippen LogP contribution is 2.30. The summed E-state index contributed by atoms with van der Waals surface area (Å²) in [6.45, 7) is 2.03. The number of nitrogens with one attached hydrogen (secondary N) is 2. The summed E-state index contributed by atoms with van der Waals surface area (Å²) in [6.07, 6.45) is 3.28. The molecule has 3 aromatic heterocycles. The van der Waals surface area contributed by atoms with E-state index in [4.69, 9.17) is 4.74 Å². The molecular weight excluding hydrogens is 581 g/mol. The Hall–Kier alpha value is -6.35. The highest BCUT2D eigenvalue weighted by atomic mass is 19.1. The van der Waals surface area contributed by atoms with Gasteiger partial charge in [-0.1, -0.05) is 60.2 Å². The van der Waals surface area contributed by atoms with Crippen molar-refractivity contribution in [1.82, 2.24) is 19.5 Å². The maximum absolute atomic E-state index is 13.6. The molecule has 2 N–H and O–H groups in total. The zero-order valence-corrected chi connectivity index (χ0v) is 24.6. The number of aromatic nitrogens is 4. The van der Waals surface area contributed by atoms with E-state index in [0.717, 1.165) is 16.7 Å². The van der Waals surface area contributed by atoms with Crippen LogP contribution in [0.1, 0.15) is 15.9 Å². The number of halogens is 1. The fourth-order valence-electron chi connectivity index (χ4n) is 5.08. The molecule has 0 radical (unpaired) electrons. The zero-order chi connectivity index (χ0) is 31.6. The molecule has 7 aromatic rings.